The molecule has 2 amide bonds. The maximum atomic E-state index is 13.3. The third-order valence-electron chi connectivity index (χ3n) is 5.68. The molecule has 31 heavy (non-hydrogen) atoms. The number of hydrogen-bond donors (Lipinski definition) is 1. The van der Waals surface area contributed by atoms with Crippen LogP contribution >= 0.6 is 0 Å². The molecule has 2 aromatic carbocycles. The zero-order valence-electron chi connectivity index (χ0n) is 19.8. The van der Waals surface area contributed by atoms with Crippen LogP contribution in [-0.2, 0) is 22.6 Å². The molecule has 2 rings (SSSR count). The first kappa shape index (κ1) is 24.6. The Morgan fingerprint density at radius 2 is 1.55 bits per heavy atom. The zero-order chi connectivity index (χ0) is 22.8. The molecule has 4 heteroatoms. The molecule has 4 nitrogen and oxygen atoms in total. The highest BCUT2D eigenvalue weighted by molar-refractivity contribution is 5.87. The second-order valence-electron chi connectivity index (χ2n) is 8.62. The summed E-state index contributed by atoms with van der Waals surface area (Å²) >= 11 is 0. The van der Waals surface area contributed by atoms with Crippen molar-refractivity contribution >= 4 is 11.8 Å². The average molecular weight is 423 g/mol. The molecule has 1 N–H and O–H groups in total. The minimum absolute atomic E-state index is 0.0204. The lowest BCUT2D eigenvalue weighted by Crippen LogP contribution is -2.49. The molecule has 0 spiro atoms. The lowest BCUT2D eigenvalue weighted by atomic mass is 10.00. The van der Waals surface area contributed by atoms with Crippen LogP contribution in [0, 0.1) is 6.92 Å². The molecule has 0 aliphatic heterocycles. The summed E-state index contributed by atoms with van der Waals surface area (Å²) in [6.07, 6.45) is 2.54. The molecule has 0 aliphatic rings. The number of aryl methyl sites for hydroxylation is 2. The average Bonchev–Trinajstić information content (AvgIpc) is 2.77. The SMILES string of the molecule is CCCNC(=O)[C@@H](CC)N(Cc1ccc(C)cc1)C(=O)CCc1ccc(C(C)C)cc1. The third kappa shape index (κ3) is 7.54. The van der Waals surface area contributed by atoms with Gasteiger partial charge in [-0.2, -0.15) is 0 Å². The van der Waals surface area contributed by atoms with Gasteiger partial charge >= 0.3 is 0 Å². The summed E-state index contributed by atoms with van der Waals surface area (Å²) in [5.74, 6) is 0.450. The predicted molar refractivity (Wildman–Crippen MR) is 128 cm³/mol. The van der Waals surface area contributed by atoms with E-state index in [1.165, 1.54) is 11.1 Å². The van der Waals surface area contributed by atoms with Crippen molar-refractivity contribution < 1.29 is 9.59 Å². The first-order chi connectivity index (χ1) is 14.8. The lowest BCUT2D eigenvalue weighted by molar-refractivity contribution is -0.141. The van der Waals surface area contributed by atoms with E-state index >= 15 is 0 Å². The van der Waals surface area contributed by atoms with Crippen molar-refractivity contribution in [3.8, 4) is 0 Å². The van der Waals surface area contributed by atoms with Gasteiger partial charge in [0.2, 0.25) is 11.8 Å². The number of nitrogens with zero attached hydrogens (tertiary/aromatic N) is 1. The first-order valence-electron chi connectivity index (χ1n) is 11.6. The van der Waals surface area contributed by atoms with Crippen LogP contribution in [0.2, 0.25) is 0 Å². The molecule has 1 atom stereocenters. The Kier molecular flexibility index (Phi) is 9.77. The molecule has 0 aromatic heterocycles. The highest BCUT2D eigenvalue weighted by Gasteiger charge is 2.28. The molecular formula is C27H38N2O2. The second kappa shape index (κ2) is 12.3. The van der Waals surface area contributed by atoms with Crippen molar-refractivity contribution in [3.63, 3.8) is 0 Å². The van der Waals surface area contributed by atoms with Crippen molar-refractivity contribution in [2.75, 3.05) is 6.54 Å². The Morgan fingerprint density at radius 1 is 0.935 bits per heavy atom. The molecule has 0 bridgehead atoms. The van der Waals surface area contributed by atoms with Crippen molar-refractivity contribution in [1.29, 1.82) is 0 Å². The summed E-state index contributed by atoms with van der Waals surface area (Å²) < 4.78 is 0. The highest BCUT2D eigenvalue weighted by Crippen LogP contribution is 2.18. The number of hydrogen-bond acceptors (Lipinski definition) is 2. The smallest absolute Gasteiger partial charge is 0.242 e. The van der Waals surface area contributed by atoms with Crippen molar-refractivity contribution in [3.05, 3.63) is 70.8 Å². The van der Waals surface area contributed by atoms with E-state index in [0.717, 1.165) is 17.5 Å². The van der Waals surface area contributed by atoms with Gasteiger partial charge in [-0.25, -0.2) is 0 Å². The van der Waals surface area contributed by atoms with Gasteiger partial charge in [0, 0.05) is 19.5 Å². The Balaban J connectivity index is 2.15. The summed E-state index contributed by atoms with van der Waals surface area (Å²) in [5.41, 5.74) is 4.67. The van der Waals surface area contributed by atoms with Crippen LogP contribution in [-0.4, -0.2) is 29.3 Å². The summed E-state index contributed by atoms with van der Waals surface area (Å²) in [5, 5.41) is 2.97. The molecule has 0 heterocycles. The summed E-state index contributed by atoms with van der Waals surface area (Å²) in [4.78, 5) is 27.8. The van der Waals surface area contributed by atoms with E-state index in [9.17, 15) is 9.59 Å². The minimum Gasteiger partial charge on any atom is -0.354 e. The second-order valence-corrected chi connectivity index (χ2v) is 8.62. The Hall–Kier alpha value is -2.62. The number of carbonyl (C=O) groups excluding carboxylic acids is 2. The fourth-order valence-corrected chi connectivity index (χ4v) is 3.64. The van der Waals surface area contributed by atoms with E-state index in [1.54, 1.807) is 4.90 Å². The van der Waals surface area contributed by atoms with Gasteiger partial charge in [0.1, 0.15) is 6.04 Å². The fraction of sp³-hybridized carbons (Fsp3) is 0.481. The van der Waals surface area contributed by atoms with Gasteiger partial charge in [0.15, 0.2) is 0 Å². The molecule has 0 radical (unpaired) electrons. The van der Waals surface area contributed by atoms with E-state index in [0.29, 0.717) is 38.3 Å². The number of amides is 2. The lowest BCUT2D eigenvalue weighted by Gasteiger charge is -2.31. The largest absolute Gasteiger partial charge is 0.354 e. The van der Waals surface area contributed by atoms with Gasteiger partial charge in [0.05, 0.1) is 0 Å². The first-order valence-corrected chi connectivity index (χ1v) is 11.6. The Morgan fingerprint density at radius 3 is 2.10 bits per heavy atom. The zero-order valence-corrected chi connectivity index (χ0v) is 19.8. The van der Waals surface area contributed by atoms with Gasteiger partial charge in [-0.1, -0.05) is 81.8 Å². The fourth-order valence-electron chi connectivity index (χ4n) is 3.64. The molecule has 0 unspecified atom stereocenters. The van der Waals surface area contributed by atoms with E-state index in [2.05, 4.69) is 43.4 Å². The van der Waals surface area contributed by atoms with Crippen LogP contribution in [0.25, 0.3) is 0 Å². The number of rotatable bonds is 11. The molecule has 0 saturated carbocycles. The van der Waals surface area contributed by atoms with E-state index in [1.807, 2.05) is 45.0 Å². The predicted octanol–water partition coefficient (Wildman–Crippen LogP) is 5.38. The van der Waals surface area contributed by atoms with Gasteiger partial charge in [-0.3, -0.25) is 9.59 Å². The summed E-state index contributed by atoms with van der Waals surface area (Å²) in [6.45, 7) is 11.5. The van der Waals surface area contributed by atoms with E-state index in [-0.39, 0.29) is 11.8 Å². The van der Waals surface area contributed by atoms with Crippen molar-refractivity contribution in [2.45, 2.75) is 78.8 Å². The standard InChI is InChI=1S/C27H38N2O2/c1-6-18-28-27(31)25(7-2)29(19-23-10-8-21(5)9-11-23)26(30)17-14-22-12-15-24(16-13-22)20(3)4/h8-13,15-16,20,25H,6-7,14,17-19H2,1-5H3,(H,28,31)/t25-/m1/s1. The van der Waals surface area contributed by atoms with Crippen LogP contribution in [0.5, 0.6) is 0 Å². The van der Waals surface area contributed by atoms with Crippen molar-refractivity contribution in [1.82, 2.24) is 10.2 Å². The molecule has 168 valence electrons. The summed E-state index contributed by atoms with van der Waals surface area (Å²) in [7, 11) is 0. The molecule has 2 aromatic rings. The van der Waals surface area contributed by atoms with E-state index in [4.69, 9.17) is 0 Å². The van der Waals surface area contributed by atoms with Crippen LogP contribution in [0.4, 0.5) is 0 Å². The number of carbonyl (C=O) groups is 2. The molecule has 0 saturated heterocycles. The van der Waals surface area contributed by atoms with Gasteiger partial charge in [-0.05, 0) is 48.8 Å². The van der Waals surface area contributed by atoms with E-state index < -0.39 is 6.04 Å². The quantitative estimate of drug-likeness (QED) is 0.528. The Bertz CT molecular complexity index is 825. The van der Waals surface area contributed by atoms with Crippen LogP contribution in [0.15, 0.2) is 48.5 Å². The van der Waals surface area contributed by atoms with Crippen LogP contribution in [0.3, 0.4) is 0 Å². The molecular weight excluding hydrogens is 384 g/mol. The number of benzene rings is 2. The Labute approximate surface area is 188 Å². The molecule has 0 fully saturated rings. The topological polar surface area (TPSA) is 49.4 Å². The van der Waals surface area contributed by atoms with Crippen LogP contribution in [0.1, 0.15) is 75.1 Å². The van der Waals surface area contributed by atoms with Crippen molar-refractivity contribution in [2.24, 2.45) is 0 Å². The minimum atomic E-state index is -0.455. The van der Waals surface area contributed by atoms with Gasteiger partial charge in [-0.15, -0.1) is 0 Å². The van der Waals surface area contributed by atoms with Gasteiger partial charge < -0.3 is 10.2 Å². The van der Waals surface area contributed by atoms with Crippen LogP contribution < -0.4 is 5.32 Å². The maximum absolute atomic E-state index is 13.3. The van der Waals surface area contributed by atoms with Gasteiger partial charge in [0.25, 0.3) is 0 Å². The maximum Gasteiger partial charge on any atom is 0.242 e. The third-order valence-corrected chi connectivity index (χ3v) is 5.68. The summed E-state index contributed by atoms with van der Waals surface area (Å²) in [6, 6.07) is 16.2. The highest BCUT2D eigenvalue weighted by atomic mass is 16.2. The normalized spacial score (nSPS) is 11.9. The number of nitrogens with one attached hydrogen (secondary N) is 1. The monoisotopic (exact) mass is 422 g/mol. The molecule has 0 aliphatic carbocycles.